The van der Waals surface area contributed by atoms with E-state index in [1.807, 2.05) is 98.8 Å². The fraction of sp³-hybridized carbons (Fsp3) is 0.185. The van der Waals surface area contributed by atoms with Crippen molar-refractivity contribution >= 4 is 17.5 Å². The first-order chi connectivity index (χ1) is 15.0. The topological polar surface area (TPSA) is 58.2 Å². The highest BCUT2D eigenvalue weighted by Crippen LogP contribution is 2.13. The molecule has 0 aliphatic carbocycles. The summed E-state index contributed by atoms with van der Waals surface area (Å²) in [6.07, 6.45) is 0.238. The SMILES string of the molecule is CC(C)C(NC(=O)Cc1ccccc1)C(=O)Nc1cccc(C#Cc2ccccc2)c1. The van der Waals surface area contributed by atoms with Crippen LogP contribution in [0.3, 0.4) is 0 Å². The first-order valence-electron chi connectivity index (χ1n) is 10.3. The summed E-state index contributed by atoms with van der Waals surface area (Å²) in [6.45, 7) is 3.82. The van der Waals surface area contributed by atoms with Crippen LogP contribution in [0.15, 0.2) is 84.9 Å². The van der Waals surface area contributed by atoms with Crippen molar-refractivity contribution in [2.75, 3.05) is 5.32 Å². The summed E-state index contributed by atoms with van der Waals surface area (Å²) in [4.78, 5) is 25.3. The van der Waals surface area contributed by atoms with Crippen molar-refractivity contribution in [2.45, 2.75) is 26.3 Å². The van der Waals surface area contributed by atoms with E-state index < -0.39 is 6.04 Å². The van der Waals surface area contributed by atoms with Gasteiger partial charge in [0.05, 0.1) is 6.42 Å². The summed E-state index contributed by atoms with van der Waals surface area (Å²) in [5, 5.41) is 5.78. The molecule has 0 aliphatic heterocycles. The number of benzene rings is 3. The van der Waals surface area contributed by atoms with Crippen molar-refractivity contribution in [3.63, 3.8) is 0 Å². The lowest BCUT2D eigenvalue weighted by molar-refractivity contribution is -0.127. The Morgan fingerprint density at radius 1 is 0.806 bits per heavy atom. The van der Waals surface area contributed by atoms with Crippen molar-refractivity contribution in [1.29, 1.82) is 0 Å². The van der Waals surface area contributed by atoms with Gasteiger partial charge < -0.3 is 10.6 Å². The minimum Gasteiger partial charge on any atom is -0.344 e. The zero-order valence-electron chi connectivity index (χ0n) is 17.8. The summed E-state index contributed by atoms with van der Waals surface area (Å²) in [5.74, 6) is 5.75. The van der Waals surface area contributed by atoms with Gasteiger partial charge in [0.25, 0.3) is 0 Å². The molecule has 3 rings (SSSR count). The second kappa shape index (κ2) is 10.8. The van der Waals surface area contributed by atoms with Gasteiger partial charge in [-0.2, -0.15) is 0 Å². The van der Waals surface area contributed by atoms with Crippen LogP contribution in [0.2, 0.25) is 0 Å². The number of carbonyl (C=O) groups excluding carboxylic acids is 2. The fourth-order valence-electron chi connectivity index (χ4n) is 3.10. The van der Waals surface area contributed by atoms with E-state index in [4.69, 9.17) is 0 Å². The van der Waals surface area contributed by atoms with Crippen LogP contribution in [0.4, 0.5) is 5.69 Å². The number of anilines is 1. The highest BCUT2D eigenvalue weighted by atomic mass is 16.2. The van der Waals surface area contributed by atoms with Crippen LogP contribution in [0.1, 0.15) is 30.5 Å². The van der Waals surface area contributed by atoms with Crippen LogP contribution in [-0.4, -0.2) is 17.9 Å². The summed E-state index contributed by atoms with van der Waals surface area (Å²) in [7, 11) is 0. The Labute approximate surface area is 183 Å². The summed E-state index contributed by atoms with van der Waals surface area (Å²) in [5.41, 5.74) is 3.29. The van der Waals surface area contributed by atoms with E-state index >= 15 is 0 Å². The number of amides is 2. The van der Waals surface area contributed by atoms with Gasteiger partial charge in [0.15, 0.2) is 0 Å². The van der Waals surface area contributed by atoms with Gasteiger partial charge in [-0.25, -0.2) is 0 Å². The maximum Gasteiger partial charge on any atom is 0.247 e. The van der Waals surface area contributed by atoms with E-state index in [2.05, 4.69) is 22.5 Å². The molecule has 3 aromatic carbocycles. The van der Waals surface area contributed by atoms with Crippen LogP contribution < -0.4 is 10.6 Å². The number of rotatable bonds is 6. The average Bonchev–Trinajstić information content (AvgIpc) is 2.77. The van der Waals surface area contributed by atoms with Gasteiger partial charge in [-0.05, 0) is 41.8 Å². The van der Waals surface area contributed by atoms with E-state index in [0.29, 0.717) is 5.69 Å². The van der Waals surface area contributed by atoms with Crippen LogP contribution in [0.25, 0.3) is 0 Å². The normalized spacial score (nSPS) is 11.2. The Kier molecular flexibility index (Phi) is 7.61. The van der Waals surface area contributed by atoms with Crippen LogP contribution >= 0.6 is 0 Å². The van der Waals surface area contributed by atoms with Crippen LogP contribution in [-0.2, 0) is 16.0 Å². The predicted molar refractivity (Wildman–Crippen MR) is 124 cm³/mol. The molecule has 4 nitrogen and oxygen atoms in total. The van der Waals surface area contributed by atoms with E-state index in [1.54, 1.807) is 0 Å². The molecule has 156 valence electrons. The third-order valence-corrected chi connectivity index (χ3v) is 4.73. The fourth-order valence-corrected chi connectivity index (χ4v) is 3.10. The van der Waals surface area contributed by atoms with Crippen molar-refractivity contribution in [3.05, 3.63) is 102 Å². The van der Waals surface area contributed by atoms with Crippen molar-refractivity contribution in [3.8, 4) is 11.8 Å². The summed E-state index contributed by atoms with van der Waals surface area (Å²) < 4.78 is 0. The van der Waals surface area contributed by atoms with Gasteiger partial charge >= 0.3 is 0 Å². The molecule has 4 heteroatoms. The molecular weight excluding hydrogens is 384 g/mol. The Morgan fingerprint density at radius 2 is 1.42 bits per heavy atom. The highest BCUT2D eigenvalue weighted by molar-refractivity contribution is 5.97. The van der Waals surface area contributed by atoms with E-state index in [9.17, 15) is 9.59 Å². The van der Waals surface area contributed by atoms with Gasteiger partial charge in [0, 0.05) is 16.8 Å². The first kappa shape index (κ1) is 21.9. The molecular formula is C27H26N2O2. The van der Waals surface area contributed by atoms with E-state index in [1.165, 1.54) is 0 Å². The van der Waals surface area contributed by atoms with Gasteiger partial charge in [-0.1, -0.05) is 80.3 Å². The molecule has 0 heterocycles. The third kappa shape index (κ3) is 6.87. The van der Waals surface area contributed by atoms with Gasteiger partial charge in [-0.15, -0.1) is 0 Å². The molecule has 2 N–H and O–H groups in total. The monoisotopic (exact) mass is 410 g/mol. The Bertz CT molecular complexity index is 1080. The number of carbonyl (C=O) groups is 2. The molecule has 1 unspecified atom stereocenters. The minimum absolute atomic E-state index is 0.0548. The zero-order valence-corrected chi connectivity index (χ0v) is 17.8. The molecule has 0 fully saturated rings. The smallest absolute Gasteiger partial charge is 0.247 e. The largest absolute Gasteiger partial charge is 0.344 e. The lowest BCUT2D eigenvalue weighted by Gasteiger charge is -2.22. The average molecular weight is 411 g/mol. The lowest BCUT2D eigenvalue weighted by atomic mass is 10.0. The molecule has 0 radical (unpaired) electrons. The van der Waals surface area contributed by atoms with E-state index in [0.717, 1.165) is 16.7 Å². The van der Waals surface area contributed by atoms with Crippen LogP contribution in [0.5, 0.6) is 0 Å². The minimum atomic E-state index is -0.629. The molecule has 0 aromatic heterocycles. The molecule has 3 aromatic rings. The maximum absolute atomic E-state index is 12.9. The Morgan fingerprint density at radius 3 is 2.10 bits per heavy atom. The molecule has 0 aliphatic rings. The van der Waals surface area contributed by atoms with Crippen LogP contribution in [0, 0.1) is 17.8 Å². The van der Waals surface area contributed by atoms with Crippen molar-refractivity contribution in [1.82, 2.24) is 5.32 Å². The van der Waals surface area contributed by atoms with E-state index in [-0.39, 0.29) is 24.2 Å². The summed E-state index contributed by atoms with van der Waals surface area (Å²) in [6, 6.07) is 26.0. The number of hydrogen-bond acceptors (Lipinski definition) is 2. The zero-order chi connectivity index (χ0) is 22.1. The standard InChI is InChI=1S/C27H26N2O2/c1-20(2)26(29-25(30)19-22-12-7-4-8-13-22)27(31)28-24-15-9-14-23(18-24)17-16-21-10-5-3-6-11-21/h3-15,18,20,26H,19H2,1-2H3,(H,28,31)(H,29,30). The Hall–Kier alpha value is -3.84. The second-order valence-electron chi connectivity index (χ2n) is 7.64. The molecule has 0 bridgehead atoms. The predicted octanol–water partition coefficient (Wildman–Crippen LogP) is 4.41. The molecule has 0 saturated carbocycles. The van der Waals surface area contributed by atoms with Crippen molar-refractivity contribution < 1.29 is 9.59 Å². The number of nitrogens with one attached hydrogen (secondary N) is 2. The van der Waals surface area contributed by atoms with Crippen molar-refractivity contribution in [2.24, 2.45) is 5.92 Å². The molecule has 0 spiro atoms. The molecule has 1 atom stereocenters. The first-order valence-corrected chi connectivity index (χ1v) is 10.3. The van der Waals surface area contributed by atoms with Gasteiger partial charge in [-0.3, -0.25) is 9.59 Å². The summed E-state index contributed by atoms with van der Waals surface area (Å²) >= 11 is 0. The number of hydrogen-bond donors (Lipinski definition) is 2. The molecule has 2 amide bonds. The third-order valence-electron chi connectivity index (χ3n) is 4.73. The highest BCUT2D eigenvalue weighted by Gasteiger charge is 2.24. The maximum atomic E-state index is 12.9. The van der Waals surface area contributed by atoms with Gasteiger partial charge in [0.1, 0.15) is 6.04 Å². The lowest BCUT2D eigenvalue weighted by Crippen LogP contribution is -2.47. The molecule has 31 heavy (non-hydrogen) atoms. The second-order valence-corrected chi connectivity index (χ2v) is 7.64. The quantitative estimate of drug-likeness (QED) is 0.592. The Balaban J connectivity index is 1.65. The van der Waals surface area contributed by atoms with Gasteiger partial charge in [0.2, 0.25) is 11.8 Å². The molecule has 0 saturated heterocycles.